The van der Waals surface area contributed by atoms with Gasteiger partial charge < -0.3 is 10.3 Å². The SMILES string of the molecule is Cc1ncc(CNC(C)c2cccc(F)c2)[nH]1. The molecule has 0 aliphatic rings. The number of aromatic amines is 1. The molecule has 1 aromatic carbocycles. The summed E-state index contributed by atoms with van der Waals surface area (Å²) in [5.74, 6) is 0.703. The minimum absolute atomic E-state index is 0.106. The van der Waals surface area contributed by atoms with Crippen molar-refractivity contribution in [1.82, 2.24) is 15.3 Å². The highest BCUT2D eigenvalue weighted by Gasteiger charge is 2.06. The summed E-state index contributed by atoms with van der Waals surface area (Å²) in [6.07, 6.45) is 1.81. The molecule has 0 radical (unpaired) electrons. The summed E-state index contributed by atoms with van der Waals surface area (Å²) < 4.78 is 13.1. The number of hydrogen-bond acceptors (Lipinski definition) is 2. The van der Waals surface area contributed by atoms with Crippen molar-refractivity contribution >= 4 is 0 Å². The van der Waals surface area contributed by atoms with Crippen LogP contribution in [0.5, 0.6) is 0 Å². The van der Waals surface area contributed by atoms with Crippen LogP contribution in [-0.2, 0) is 6.54 Å². The highest BCUT2D eigenvalue weighted by atomic mass is 19.1. The number of aromatic nitrogens is 2. The monoisotopic (exact) mass is 233 g/mol. The maximum absolute atomic E-state index is 13.1. The lowest BCUT2D eigenvalue weighted by Gasteiger charge is -2.13. The van der Waals surface area contributed by atoms with Crippen LogP contribution in [0, 0.1) is 12.7 Å². The van der Waals surface area contributed by atoms with Crippen LogP contribution in [0.4, 0.5) is 4.39 Å². The van der Waals surface area contributed by atoms with Crippen molar-refractivity contribution in [2.75, 3.05) is 0 Å². The van der Waals surface area contributed by atoms with Gasteiger partial charge in [0.15, 0.2) is 0 Å². The molecule has 3 nitrogen and oxygen atoms in total. The molecule has 0 amide bonds. The zero-order valence-corrected chi connectivity index (χ0v) is 10.00. The first-order chi connectivity index (χ1) is 8.15. The van der Waals surface area contributed by atoms with E-state index >= 15 is 0 Å². The first-order valence-electron chi connectivity index (χ1n) is 5.64. The van der Waals surface area contributed by atoms with Gasteiger partial charge in [0.25, 0.3) is 0 Å². The predicted molar refractivity (Wildman–Crippen MR) is 65.0 cm³/mol. The normalized spacial score (nSPS) is 12.6. The molecule has 1 heterocycles. The molecule has 1 aromatic heterocycles. The van der Waals surface area contributed by atoms with E-state index in [9.17, 15) is 4.39 Å². The van der Waals surface area contributed by atoms with Gasteiger partial charge in [0.05, 0.1) is 0 Å². The summed E-state index contributed by atoms with van der Waals surface area (Å²) in [4.78, 5) is 7.27. The van der Waals surface area contributed by atoms with E-state index in [1.807, 2.05) is 19.9 Å². The van der Waals surface area contributed by atoms with Crippen LogP contribution in [0.3, 0.4) is 0 Å². The summed E-state index contributed by atoms with van der Waals surface area (Å²) >= 11 is 0. The first kappa shape index (κ1) is 11.8. The van der Waals surface area contributed by atoms with Crippen molar-refractivity contribution in [1.29, 1.82) is 0 Å². The van der Waals surface area contributed by atoms with Crippen molar-refractivity contribution in [2.24, 2.45) is 0 Å². The third-order valence-corrected chi connectivity index (χ3v) is 2.70. The van der Waals surface area contributed by atoms with Crippen LogP contribution in [0.1, 0.15) is 30.0 Å². The first-order valence-corrected chi connectivity index (χ1v) is 5.64. The number of rotatable bonds is 4. The fraction of sp³-hybridized carbons (Fsp3) is 0.308. The minimum Gasteiger partial charge on any atom is -0.345 e. The average Bonchev–Trinajstić information content (AvgIpc) is 2.72. The molecule has 0 bridgehead atoms. The van der Waals surface area contributed by atoms with Crippen LogP contribution in [-0.4, -0.2) is 9.97 Å². The topological polar surface area (TPSA) is 40.7 Å². The van der Waals surface area contributed by atoms with Gasteiger partial charge in [-0.2, -0.15) is 0 Å². The number of hydrogen-bond donors (Lipinski definition) is 2. The van der Waals surface area contributed by atoms with Crippen LogP contribution in [0.25, 0.3) is 0 Å². The molecule has 2 aromatic rings. The Bertz CT molecular complexity index is 493. The van der Waals surface area contributed by atoms with E-state index < -0.39 is 0 Å². The maximum atomic E-state index is 13.1. The van der Waals surface area contributed by atoms with E-state index in [0.29, 0.717) is 6.54 Å². The van der Waals surface area contributed by atoms with Crippen LogP contribution < -0.4 is 5.32 Å². The lowest BCUT2D eigenvalue weighted by molar-refractivity contribution is 0.560. The summed E-state index contributed by atoms with van der Waals surface area (Å²) in [7, 11) is 0. The number of nitrogens with zero attached hydrogens (tertiary/aromatic N) is 1. The lowest BCUT2D eigenvalue weighted by atomic mass is 10.1. The third-order valence-electron chi connectivity index (χ3n) is 2.70. The fourth-order valence-electron chi connectivity index (χ4n) is 1.72. The van der Waals surface area contributed by atoms with Crippen LogP contribution in [0.2, 0.25) is 0 Å². The lowest BCUT2D eigenvalue weighted by Crippen LogP contribution is -2.18. The van der Waals surface area contributed by atoms with Gasteiger partial charge in [0, 0.05) is 24.5 Å². The predicted octanol–water partition coefficient (Wildman–Crippen LogP) is 2.71. The average molecular weight is 233 g/mol. The number of nitrogens with one attached hydrogen (secondary N) is 2. The quantitative estimate of drug-likeness (QED) is 0.852. The van der Waals surface area contributed by atoms with Crippen molar-refractivity contribution in [3.05, 3.63) is 53.4 Å². The number of halogens is 1. The number of H-pyrrole nitrogens is 1. The fourth-order valence-corrected chi connectivity index (χ4v) is 1.72. The van der Waals surface area contributed by atoms with E-state index in [2.05, 4.69) is 15.3 Å². The second-order valence-electron chi connectivity index (χ2n) is 4.15. The molecule has 17 heavy (non-hydrogen) atoms. The Labute approximate surface area is 100 Å². The van der Waals surface area contributed by atoms with Crippen LogP contribution in [0.15, 0.2) is 30.5 Å². The smallest absolute Gasteiger partial charge is 0.123 e. The molecule has 4 heteroatoms. The van der Waals surface area contributed by atoms with Gasteiger partial charge in [-0.15, -0.1) is 0 Å². The molecule has 0 aliphatic heterocycles. The molecule has 0 saturated heterocycles. The van der Waals surface area contributed by atoms with E-state index in [4.69, 9.17) is 0 Å². The molecule has 2 rings (SSSR count). The standard InChI is InChI=1S/C13H16FN3/c1-9(11-4-3-5-12(14)6-11)15-7-13-8-16-10(2)17-13/h3-6,8-9,15H,7H2,1-2H3,(H,16,17). The number of imidazole rings is 1. The number of aryl methyl sites for hydroxylation is 1. The van der Waals surface area contributed by atoms with E-state index in [1.165, 1.54) is 6.07 Å². The molecule has 0 saturated carbocycles. The molecular formula is C13H16FN3. The molecule has 1 unspecified atom stereocenters. The van der Waals surface area contributed by atoms with Crippen molar-refractivity contribution in [3.63, 3.8) is 0 Å². The Hall–Kier alpha value is -1.68. The van der Waals surface area contributed by atoms with Gasteiger partial charge in [0.2, 0.25) is 0 Å². The van der Waals surface area contributed by atoms with Gasteiger partial charge in [0.1, 0.15) is 11.6 Å². The Morgan fingerprint density at radius 2 is 2.29 bits per heavy atom. The second-order valence-corrected chi connectivity index (χ2v) is 4.15. The van der Waals surface area contributed by atoms with Crippen molar-refractivity contribution in [2.45, 2.75) is 26.4 Å². The van der Waals surface area contributed by atoms with E-state index in [1.54, 1.807) is 18.3 Å². The minimum atomic E-state index is -0.200. The summed E-state index contributed by atoms with van der Waals surface area (Å²) in [6, 6.07) is 6.75. The molecule has 0 spiro atoms. The van der Waals surface area contributed by atoms with Gasteiger partial charge >= 0.3 is 0 Å². The molecule has 1 atom stereocenters. The Kier molecular flexibility index (Phi) is 3.54. The third kappa shape index (κ3) is 3.14. The zero-order chi connectivity index (χ0) is 12.3. The second kappa shape index (κ2) is 5.10. The largest absolute Gasteiger partial charge is 0.345 e. The maximum Gasteiger partial charge on any atom is 0.123 e. The van der Waals surface area contributed by atoms with Gasteiger partial charge in [-0.05, 0) is 31.5 Å². The van der Waals surface area contributed by atoms with Gasteiger partial charge in [-0.25, -0.2) is 9.37 Å². The number of benzene rings is 1. The van der Waals surface area contributed by atoms with E-state index in [-0.39, 0.29) is 11.9 Å². The van der Waals surface area contributed by atoms with Gasteiger partial charge in [-0.3, -0.25) is 0 Å². The highest BCUT2D eigenvalue weighted by Crippen LogP contribution is 2.13. The summed E-state index contributed by atoms with van der Waals surface area (Å²) in [5, 5.41) is 3.32. The summed E-state index contributed by atoms with van der Waals surface area (Å²) in [6.45, 7) is 4.62. The van der Waals surface area contributed by atoms with Crippen molar-refractivity contribution < 1.29 is 4.39 Å². The van der Waals surface area contributed by atoms with E-state index in [0.717, 1.165) is 17.1 Å². The molecule has 0 aliphatic carbocycles. The van der Waals surface area contributed by atoms with Crippen LogP contribution >= 0.6 is 0 Å². The highest BCUT2D eigenvalue weighted by molar-refractivity contribution is 5.19. The Balaban J connectivity index is 1.95. The molecular weight excluding hydrogens is 217 g/mol. The molecule has 0 fully saturated rings. The summed E-state index contributed by atoms with van der Waals surface area (Å²) in [5.41, 5.74) is 1.98. The molecule has 2 N–H and O–H groups in total. The van der Waals surface area contributed by atoms with Gasteiger partial charge in [-0.1, -0.05) is 12.1 Å². The zero-order valence-electron chi connectivity index (χ0n) is 10.00. The molecule has 90 valence electrons. The Morgan fingerprint density at radius 3 is 2.94 bits per heavy atom. The van der Waals surface area contributed by atoms with Crippen molar-refractivity contribution in [3.8, 4) is 0 Å². The Morgan fingerprint density at radius 1 is 1.47 bits per heavy atom.